The highest BCUT2D eigenvalue weighted by atomic mass is 31.2. The zero-order chi connectivity index (χ0) is 15.2. The van der Waals surface area contributed by atoms with E-state index in [0.717, 1.165) is 12.8 Å². The van der Waals surface area contributed by atoms with E-state index in [1.54, 1.807) is 0 Å². The highest BCUT2D eigenvalue weighted by Gasteiger charge is 2.16. The van der Waals surface area contributed by atoms with Crippen LogP contribution in [-0.4, -0.2) is 18.9 Å². The molecule has 0 fully saturated rings. The topological polar surface area (TPSA) is 18.5 Å². The minimum absolute atomic E-state index is 0.394. The minimum atomic E-state index is -0.713. The van der Waals surface area contributed by atoms with Gasteiger partial charge in [0.25, 0.3) is 0 Å². The third-order valence-electron chi connectivity index (χ3n) is 3.77. The highest BCUT2D eigenvalue weighted by molar-refractivity contribution is 7.46. The van der Waals surface area contributed by atoms with E-state index in [0.29, 0.717) is 12.2 Å². The zero-order valence-corrected chi connectivity index (χ0v) is 15.4. The molecule has 2 unspecified atom stereocenters. The van der Waals surface area contributed by atoms with Gasteiger partial charge in [0.15, 0.2) is 8.38 Å². The molecule has 3 heteroatoms. The maximum Gasteiger partial charge on any atom is 0.167 e. The SMILES string of the molecule is CCCCCC(CC)OP(C)OC(CC)CCCCC. The van der Waals surface area contributed by atoms with Crippen molar-refractivity contribution in [3.05, 3.63) is 0 Å². The minimum Gasteiger partial charge on any atom is -0.331 e. The molecule has 0 saturated carbocycles. The Labute approximate surface area is 128 Å². The van der Waals surface area contributed by atoms with Gasteiger partial charge >= 0.3 is 0 Å². The Kier molecular flexibility index (Phi) is 14.5. The second-order valence-corrected chi connectivity index (χ2v) is 7.00. The fourth-order valence-corrected chi connectivity index (χ4v) is 3.75. The molecule has 0 aliphatic carbocycles. The van der Waals surface area contributed by atoms with Crippen molar-refractivity contribution in [3.63, 3.8) is 0 Å². The fourth-order valence-electron chi connectivity index (χ4n) is 2.35. The van der Waals surface area contributed by atoms with Gasteiger partial charge in [0.05, 0.1) is 12.2 Å². The Bertz CT molecular complexity index is 179. The summed E-state index contributed by atoms with van der Waals surface area (Å²) in [5.41, 5.74) is 0. The maximum absolute atomic E-state index is 6.13. The van der Waals surface area contributed by atoms with Gasteiger partial charge in [-0.25, -0.2) is 0 Å². The van der Waals surface area contributed by atoms with Crippen molar-refractivity contribution in [3.8, 4) is 0 Å². The summed E-state index contributed by atoms with van der Waals surface area (Å²) in [4.78, 5) is 0. The van der Waals surface area contributed by atoms with Crippen LogP contribution in [0.25, 0.3) is 0 Å². The first kappa shape index (κ1) is 20.3. The first-order valence-electron chi connectivity index (χ1n) is 8.75. The largest absolute Gasteiger partial charge is 0.331 e. The van der Waals surface area contributed by atoms with Crippen LogP contribution in [0.15, 0.2) is 0 Å². The first-order valence-corrected chi connectivity index (χ1v) is 10.4. The predicted octanol–water partition coefficient (Wildman–Crippen LogP) is 6.68. The molecule has 0 radical (unpaired) electrons. The Morgan fingerprint density at radius 1 is 0.700 bits per heavy atom. The molecule has 0 N–H and O–H groups in total. The van der Waals surface area contributed by atoms with Crippen molar-refractivity contribution in [1.82, 2.24) is 0 Å². The molecule has 0 spiro atoms. The van der Waals surface area contributed by atoms with Crippen molar-refractivity contribution >= 4 is 8.38 Å². The predicted molar refractivity (Wildman–Crippen MR) is 91.5 cm³/mol. The number of hydrogen-bond acceptors (Lipinski definition) is 2. The van der Waals surface area contributed by atoms with Crippen LogP contribution >= 0.6 is 8.38 Å². The molecule has 0 rings (SSSR count). The average Bonchev–Trinajstić information content (AvgIpc) is 2.45. The van der Waals surface area contributed by atoms with Crippen molar-refractivity contribution in [2.24, 2.45) is 0 Å². The third-order valence-corrected chi connectivity index (χ3v) is 4.96. The standard InChI is InChI=1S/C17H37O2P/c1-6-10-12-14-16(8-3)18-20(5)19-17(9-4)15-13-11-7-2/h16-17H,6-15H2,1-5H3. The van der Waals surface area contributed by atoms with Crippen molar-refractivity contribution in [1.29, 1.82) is 0 Å². The van der Waals surface area contributed by atoms with Crippen molar-refractivity contribution in [2.45, 2.75) is 104 Å². The van der Waals surface area contributed by atoms with Crippen LogP contribution in [0.4, 0.5) is 0 Å². The van der Waals surface area contributed by atoms with Crippen LogP contribution in [0, 0.1) is 0 Å². The van der Waals surface area contributed by atoms with Gasteiger partial charge in [-0.1, -0.05) is 66.2 Å². The summed E-state index contributed by atoms with van der Waals surface area (Å²) < 4.78 is 12.3. The summed E-state index contributed by atoms with van der Waals surface area (Å²) in [7, 11) is -0.713. The van der Waals surface area contributed by atoms with Gasteiger partial charge in [0.2, 0.25) is 0 Å². The Hall–Kier alpha value is 0.350. The summed E-state index contributed by atoms with van der Waals surface area (Å²) in [6, 6.07) is 0. The summed E-state index contributed by atoms with van der Waals surface area (Å²) in [5, 5.41) is 0. The van der Waals surface area contributed by atoms with Gasteiger partial charge < -0.3 is 9.05 Å². The molecule has 20 heavy (non-hydrogen) atoms. The molecule has 0 saturated heterocycles. The van der Waals surface area contributed by atoms with Gasteiger partial charge in [-0.3, -0.25) is 0 Å². The van der Waals surface area contributed by atoms with E-state index in [1.807, 2.05) is 0 Å². The Balaban J connectivity index is 3.92. The second kappa shape index (κ2) is 14.3. The zero-order valence-electron chi connectivity index (χ0n) is 14.5. The molecule has 0 aromatic carbocycles. The van der Waals surface area contributed by atoms with Crippen LogP contribution < -0.4 is 0 Å². The summed E-state index contributed by atoms with van der Waals surface area (Å²) in [5.74, 6) is 0. The average molecular weight is 304 g/mol. The van der Waals surface area contributed by atoms with Crippen molar-refractivity contribution < 1.29 is 9.05 Å². The maximum atomic E-state index is 6.13. The van der Waals surface area contributed by atoms with E-state index in [2.05, 4.69) is 34.4 Å². The quantitative estimate of drug-likeness (QED) is 0.263. The lowest BCUT2D eigenvalue weighted by Gasteiger charge is -2.24. The second-order valence-electron chi connectivity index (χ2n) is 5.70. The van der Waals surface area contributed by atoms with Crippen LogP contribution in [0.1, 0.15) is 91.9 Å². The Morgan fingerprint density at radius 2 is 1.10 bits per heavy atom. The summed E-state index contributed by atoms with van der Waals surface area (Å²) in [6.45, 7) is 11.1. The van der Waals surface area contributed by atoms with Gasteiger partial charge in [-0.15, -0.1) is 0 Å². The lowest BCUT2D eigenvalue weighted by Crippen LogP contribution is -2.13. The molecule has 0 aliphatic heterocycles. The van der Waals surface area contributed by atoms with Gasteiger partial charge in [0, 0.05) is 6.66 Å². The van der Waals surface area contributed by atoms with E-state index in [1.165, 1.54) is 51.4 Å². The molecule has 0 aromatic heterocycles. The fraction of sp³-hybridized carbons (Fsp3) is 1.00. The monoisotopic (exact) mass is 304 g/mol. The number of hydrogen-bond donors (Lipinski definition) is 0. The van der Waals surface area contributed by atoms with E-state index < -0.39 is 8.38 Å². The van der Waals surface area contributed by atoms with Crippen LogP contribution in [0.2, 0.25) is 0 Å². The lowest BCUT2D eigenvalue weighted by atomic mass is 10.1. The van der Waals surface area contributed by atoms with Gasteiger partial charge in [-0.2, -0.15) is 0 Å². The normalized spacial score (nSPS) is 16.1. The van der Waals surface area contributed by atoms with E-state index in [4.69, 9.17) is 9.05 Å². The van der Waals surface area contributed by atoms with Crippen LogP contribution in [0.5, 0.6) is 0 Å². The molecular formula is C17H37O2P. The molecule has 2 atom stereocenters. The van der Waals surface area contributed by atoms with Crippen molar-refractivity contribution in [2.75, 3.05) is 6.66 Å². The molecule has 2 nitrogen and oxygen atoms in total. The highest BCUT2D eigenvalue weighted by Crippen LogP contribution is 2.40. The molecule has 0 bridgehead atoms. The lowest BCUT2D eigenvalue weighted by molar-refractivity contribution is 0.128. The third kappa shape index (κ3) is 11.1. The summed E-state index contributed by atoms with van der Waals surface area (Å²) in [6.07, 6.45) is 13.1. The molecule has 0 aliphatic rings. The van der Waals surface area contributed by atoms with Crippen LogP contribution in [-0.2, 0) is 9.05 Å². The Morgan fingerprint density at radius 3 is 1.40 bits per heavy atom. The van der Waals surface area contributed by atoms with E-state index >= 15 is 0 Å². The van der Waals surface area contributed by atoms with E-state index in [-0.39, 0.29) is 0 Å². The first-order chi connectivity index (χ1) is 9.67. The molecule has 122 valence electrons. The van der Waals surface area contributed by atoms with E-state index in [9.17, 15) is 0 Å². The molecule has 0 heterocycles. The number of unbranched alkanes of at least 4 members (excludes halogenated alkanes) is 4. The molecular weight excluding hydrogens is 267 g/mol. The molecule has 0 aromatic rings. The van der Waals surface area contributed by atoms with Gasteiger partial charge in [0.1, 0.15) is 0 Å². The number of rotatable bonds is 14. The molecule has 0 amide bonds. The van der Waals surface area contributed by atoms with Gasteiger partial charge in [-0.05, 0) is 25.7 Å². The summed E-state index contributed by atoms with van der Waals surface area (Å²) >= 11 is 0. The van der Waals surface area contributed by atoms with Crippen LogP contribution in [0.3, 0.4) is 0 Å². The smallest absolute Gasteiger partial charge is 0.167 e.